The van der Waals surface area contributed by atoms with E-state index in [-0.39, 0.29) is 12.5 Å². The van der Waals surface area contributed by atoms with E-state index < -0.39 is 11.6 Å². The molecule has 0 aliphatic carbocycles. The number of nitrogens with zero attached hydrogens (tertiary/aromatic N) is 4. The van der Waals surface area contributed by atoms with E-state index in [2.05, 4.69) is 10.3 Å². The molecule has 0 fully saturated rings. The van der Waals surface area contributed by atoms with Crippen molar-refractivity contribution < 1.29 is 9.59 Å². The van der Waals surface area contributed by atoms with Gasteiger partial charge in [0, 0.05) is 35.4 Å². The maximum absolute atomic E-state index is 13.3. The van der Waals surface area contributed by atoms with E-state index in [1.165, 1.54) is 4.90 Å². The molecule has 0 unspecified atom stereocenters. The lowest BCUT2D eigenvalue weighted by Gasteiger charge is -2.27. The van der Waals surface area contributed by atoms with Crippen LogP contribution in [0.3, 0.4) is 0 Å². The molecule has 0 atom stereocenters. The molecule has 29 heavy (non-hydrogen) atoms. The smallest absolute Gasteiger partial charge is 0.315 e. The minimum absolute atomic E-state index is 0.229. The number of pyridine rings is 1. The number of carbonyl (C=O) groups is 2. The number of rotatable bonds is 2. The molecule has 0 saturated heterocycles. The summed E-state index contributed by atoms with van der Waals surface area (Å²) in [6, 6.07) is 7.36. The van der Waals surface area contributed by atoms with Crippen molar-refractivity contribution in [3.8, 4) is 11.3 Å². The Hall–Kier alpha value is -3.42. The Morgan fingerprint density at radius 1 is 1.14 bits per heavy atom. The van der Waals surface area contributed by atoms with Crippen molar-refractivity contribution in [2.45, 2.75) is 39.4 Å². The van der Waals surface area contributed by atoms with Crippen LogP contribution in [-0.4, -0.2) is 43.7 Å². The van der Waals surface area contributed by atoms with Crippen LogP contribution in [0.2, 0.25) is 0 Å². The largest absolute Gasteiger partial charge is 0.351 e. The van der Waals surface area contributed by atoms with Crippen molar-refractivity contribution >= 4 is 22.7 Å². The maximum Gasteiger partial charge on any atom is 0.315 e. The highest BCUT2D eigenvalue weighted by atomic mass is 16.2. The second-order valence-electron chi connectivity index (χ2n) is 8.27. The summed E-state index contributed by atoms with van der Waals surface area (Å²) in [4.78, 5) is 30.9. The third-order valence-corrected chi connectivity index (χ3v) is 4.93. The zero-order chi connectivity index (χ0) is 20.8. The Morgan fingerprint density at radius 3 is 2.62 bits per heavy atom. The number of carbonyl (C=O) groups excluding carboxylic acids is 2. The highest BCUT2D eigenvalue weighted by Gasteiger charge is 2.31. The Morgan fingerprint density at radius 2 is 1.90 bits per heavy atom. The van der Waals surface area contributed by atoms with E-state index in [9.17, 15) is 9.59 Å². The third kappa shape index (κ3) is 3.53. The molecule has 3 aromatic rings. The highest BCUT2D eigenvalue weighted by Crippen LogP contribution is 2.33. The molecule has 0 saturated carbocycles. The average molecular weight is 392 g/mol. The molecular weight excluding hydrogens is 368 g/mol. The summed E-state index contributed by atoms with van der Waals surface area (Å²) < 4.78 is 1.80. The molecule has 3 N–H and O–H groups in total. The minimum atomic E-state index is -0.506. The summed E-state index contributed by atoms with van der Waals surface area (Å²) in [6.07, 6.45) is 3.52. The predicted octanol–water partition coefficient (Wildman–Crippen LogP) is 2.52. The summed E-state index contributed by atoms with van der Waals surface area (Å²) >= 11 is 0. The molecule has 1 aliphatic rings. The van der Waals surface area contributed by atoms with Crippen molar-refractivity contribution in [2.24, 2.45) is 5.73 Å². The van der Waals surface area contributed by atoms with Crippen LogP contribution >= 0.6 is 0 Å². The van der Waals surface area contributed by atoms with E-state index in [4.69, 9.17) is 10.8 Å². The number of hydrogen-bond donors (Lipinski definition) is 2. The van der Waals surface area contributed by atoms with Crippen LogP contribution in [0.15, 0.2) is 36.7 Å². The van der Waals surface area contributed by atoms with Gasteiger partial charge in [0.1, 0.15) is 5.69 Å². The Balaban J connectivity index is 1.92. The zero-order valence-corrected chi connectivity index (χ0v) is 16.8. The second-order valence-corrected chi connectivity index (χ2v) is 8.27. The van der Waals surface area contributed by atoms with Crippen LogP contribution in [0.1, 0.15) is 36.8 Å². The number of urea groups is 1. The van der Waals surface area contributed by atoms with Gasteiger partial charge in [0.15, 0.2) is 0 Å². The first-order valence-corrected chi connectivity index (χ1v) is 9.54. The Bertz CT molecular complexity index is 1110. The normalized spacial score (nSPS) is 14.0. The predicted molar refractivity (Wildman–Crippen MR) is 110 cm³/mol. The molecule has 1 aliphatic heterocycles. The van der Waals surface area contributed by atoms with Crippen molar-refractivity contribution in [1.29, 1.82) is 0 Å². The molecule has 4 rings (SSSR count). The number of nitrogens with one attached hydrogen (secondary N) is 1. The summed E-state index contributed by atoms with van der Waals surface area (Å²) in [7, 11) is 0. The van der Waals surface area contributed by atoms with Crippen molar-refractivity contribution in [3.05, 3.63) is 47.9 Å². The summed E-state index contributed by atoms with van der Waals surface area (Å²) in [5.41, 5.74) is 7.57. The zero-order valence-electron chi connectivity index (χ0n) is 16.8. The molecule has 3 amide bonds. The molecule has 8 heteroatoms. The van der Waals surface area contributed by atoms with E-state index in [0.29, 0.717) is 30.0 Å². The lowest BCUT2D eigenvalue weighted by atomic mass is 9.99. The number of fused-ring (bicyclic) bond motifs is 2. The fourth-order valence-corrected chi connectivity index (χ4v) is 3.64. The summed E-state index contributed by atoms with van der Waals surface area (Å²) in [5.74, 6) is -0.229. The van der Waals surface area contributed by atoms with Gasteiger partial charge in [-0.2, -0.15) is 5.10 Å². The van der Waals surface area contributed by atoms with Gasteiger partial charge in [0.25, 0.3) is 5.91 Å². The fraction of sp³-hybridized carbons (Fsp3) is 0.333. The molecule has 0 bridgehead atoms. The van der Waals surface area contributed by atoms with Gasteiger partial charge in [-0.1, -0.05) is 24.3 Å². The Kier molecular flexibility index (Phi) is 4.49. The van der Waals surface area contributed by atoms with Crippen LogP contribution in [0.4, 0.5) is 4.79 Å². The van der Waals surface area contributed by atoms with Gasteiger partial charge >= 0.3 is 6.03 Å². The molecule has 0 spiro atoms. The molecule has 1 aromatic carbocycles. The minimum Gasteiger partial charge on any atom is -0.351 e. The van der Waals surface area contributed by atoms with Gasteiger partial charge in [0.2, 0.25) is 0 Å². The van der Waals surface area contributed by atoms with Crippen LogP contribution in [0, 0.1) is 0 Å². The number of primary amides is 1. The molecular formula is C21H24N6O2. The van der Waals surface area contributed by atoms with E-state index >= 15 is 0 Å². The van der Waals surface area contributed by atoms with E-state index in [1.807, 2.05) is 45.0 Å². The van der Waals surface area contributed by atoms with E-state index in [1.54, 1.807) is 17.1 Å². The fourth-order valence-electron chi connectivity index (χ4n) is 3.64. The van der Waals surface area contributed by atoms with Crippen LogP contribution in [-0.2, 0) is 13.1 Å². The monoisotopic (exact) mass is 392 g/mol. The lowest BCUT2D eigenvalue weighted by Crippen LogP contribution is -2.44. The lowest BCUT2D eigenvalue weighted by molar-refractivity contribution is 0.0916. The third-order valence-electron chi connectivity index (χ3n) is 4.93. The average Bonchev–Trinajstić information content (AvgIpc) is 3.04. The van der Waals surface area contributed by atoms with Gasteiger partial charge in [-0.15, -0.1) is 0 Å². The molecule has 8 nitrogen and oxygen atoms in total. The molecule has 150 valence electrons. The van der Waals surface area contributed by atoms with Gasteiger partial charge in [-0.3, -0.25) is 14.5 Å². The quantitative estimate of drug-likeness (QED) is 0.699. The van der Waals surface area contributed by atoms with Crippen molar-refractivity contribution in [3.63, 3.8) is 0 Å². The van der Waals surface area contributed by atoms with Crippen LogP contribution < -0.4 is 11.1 Å². The SMILES string of the molecule is CC(C)(C)NC(=O)c1c(-c2cncc3ccccc23)nn2c1CN(C(N)=O)CC2. The van der Waals surface area contributed by atoms with Gasteiger partial charge < -0.3 is 16.0 Å². The van der Waals surface area contributed by atoms with E-state index in [0.717, 1.165) is 16.3 Å². The summed E-state index contributed by atoms with van der Waals surface area (Å²) in [5, 5.41) is 9.72. The van der Waals surface area contributed by atoms with Crippen LogP contribution in [0.25, 0.3) is 22.0 Å². The number of nitrogens with two attached hydrogens (primary N) is 1. The topological polar surface area (TPSA) is 106 Å². The standard InChI is InChI=1S/C21H24N6O2/c1-21(2,3)24-19(28)17-16-12-26(20(22)29)8-9-27(16)25-18(17)15-11-23-10-13-6-4-5-7-14(13)15/h4-7,10-11H,8-9,12H2,1-3H3,(H2,22,29)(H,24,28). The molecule has 3 heterocycles. The number of hydrogen-bond acceptors (Lipinski definition) is 4. The van der Waals surface area contributed by atoms with Crippen molar-refractivity contribution in [1.82, 2.24) is 25.0 Å². The first-order valence-electron chi connectivity index (χ1n) is 9.54. The van der Waals surface area contributed by atoms with Gasteiger partial charge in [-0.25, -0.2) is 4.79 Å². The Labute approximate surface area is 168 Å². The maximum atomic E-state index is 13.3. The van der Waals surface area contributed by atoms with Gasteiger partial charge in [0.05, 0.1) is 24.3 Å². The number of aromatic nitrogens is 3. The second kappa shape index (κ2) is 6.88. The van der Waals surface area contributed by atoms with Gasteiger partial charge in [-0.05, 0) is 26.2 Å². The molecule has 2 aromatic heterocycles. The first kappa shape index (κ1) is 18.9. The summed E-state index contributed by atoms with van der Waals surface area (Å²) in [6.45, 7) is 6.96. The van der Waals surface area contributed by atoms with Crippen molar-refractivity contribution in [2.75, 3.05) is 6.54 Å². The highest BCUT2D eigenvalue weighted by molar-refractivity contribution is 6.05. The molecule has 0 radical (unpaired) electrons. The van der Waals surface area contributed by atoms with Crippen LogP contribution in [0.5, 0.6) is 0 Å². The number of benzene rings is 1. The first-order chi connectivity index (χ1) is 13.7. The number of amides is 3.